The minimum absolute atomic E-state index is 0.123. The van der Waals surface area contributed by atoms with Gasteiger partial charge in [-0.2, -0.15) is 0 Å². The molecular weight excluding hydrogens is 272 g/mol. The van der Waals surface area contributed by atoms with Gasteiger partial charge < -0.3 is 9.47 Å². The topological polar surface area (TPSA) is 25.2 Å². The molecule has 120 valence electrons. The van der Waals surface area contributed by atoms with E-state index in [-0.39, 0.29) is 5.43 Å². The minimum Gasteiger partial charge on any atom is -0.347 e. The Morgan fingerprint density at radius 3 is 2.55 bits per heavy atom. The summed E-state index contributed by atoms with van der Waals surface area (Å²) in [5.41, 5.74) is 2.52. The van der Waals surface area contributed by atoms with E-state index in [4.69, 9.17) is 0 Å². The Labute approximate surface area is 133 Å². The quantitative estimate of drug-likeness (QED) is 0.743. The Hall–Kier alpha value is -1.61. The summed E-state index contributed by atoms with van der Waals surface area (Å²) < 4.78 is 2.22. The fraction of sp³-hybridized carbons (Fsp3) is 0.526. The fourth-order valence-corrected chi connectivity index (χ4v) is 2.86. The van der Waals surface area contributed by atoms with Gasteiger partial charge in [0, 0.05) is 30.7 Å². The van der Waals surface area contributed by atoms with Crippen LogP contribution in [0.1, 0.15) is 39.2 Å². The highest BCUT2D eigenvalue weighted by atomic mass is 16.1. The Morgan fingerprint density at radius 1 is 1.09 bits per heavy atom. The lowest BCUT2D eigenvalue weighted by Gasteiger charge is -2.18. The van der Waals surface area contributed by atoms with Gasteiger partial charge in [-0.3, -0.25) is 4.79 Å². The molecule has 3 heteroatoms. The molecule has 22 heavy (non-hydrogen) atoms. The van der Waals surface area contributed by atoms with Gasteiger partial charge in [0.05, 0.1) is 5.52 Å². The summed E-state index contributed by atoms with van der Waals surface area (Å²) in [6.07, 6.45) is 5.28. The third-order valence-corrected chi connectivity index (χ3v) is 4.41. The van der Waals surface area contributed by atoms with Crippen LogP contribution in [0.3, 0.4) is 0 Å². The largest absolute Gasteiger partial charge is 0.347 e. The van der Waals surface area contributed by atoms with Gasteiger partial charge in [-0.05, 0) is 43.6 Å². The van der Waals surface area contributed by atoms with Crippen LogP contribution < -0.4 is 5.43 Å². The van der Waals surface area contributed by atoms with E-state index < -0.39 is 0 Å². The predicted molar refractivity (Wildman–Crippen MR) is 94.6 cm³/mol. The number of unbranched alkanes of at least 4 members (excludes halogenated alkanes) is 1. The summed E-state index contributed by atoms with van der Waals surface area (Å²) in [6, 6.07) is 8.00. The molecule has 0 spiro atoms. The molecule has 0 N–H and O–H groups in total. The zero-order valence-electron chi connectivity index (χ0n) is 14.1. The maximum absolute atomic E-state index is 12.1. The summed E-state index contributed by atoms with van der Waals surface area (Å²) >= 11 is 0. The highest BCUT2D eigenvalue weighted by Crippen LogP contribution is 2.15. The van der Waals surface area contributed by atoms with E-state index in [1.54, 1.807) is 6.07 Å². The van der Waals surface area contributed by atoms with Crippen LogP contribution in [0.25, 0.3) is 10.9 Å². The summed E-state index contributed by atoms with van der Waals surface area (Å²) in [5, 5.41) is 0.838. The van der Waals surface area contributed by atoms with Gasteiger partial charge in [-0.25, -0.2) is 0 Å². The lowest BCUT2D eigenvalue weighted by Crippen LogP contribution is -2.25. The first kappa shape index (κ1) is 16.8. The molecule has 1 aromatic carbocycles. The third kappa shape index (κ3) is 3.98. The molecule has 3 nitrogen and oxygen atoms in total. The highest BCUT2D eigenvalue weighted by molar-refractivity contribution is 5.79. The predicted octanol–water partition coefficient (Wildman–Crippen LogP) is 3.69. The molecule has 0 fully saturated rings. The Bertz CT molecular complexity index is 656. The van der Waals surface area contributed by atoms with E-state index in [0.717, 1.165) is 56.3 Å². The molecule has 0 aliphatic carbocycles. The van der Waals surface area contributed by atoms with Crippen LogP contribution >= 0.6 is 0 Å². The summed E-state index contributed by atoms with van der Waals surface area (Å²) in [4.78, 5) is 14.5. The standard InChI is InChI=1S/C19H28N2O/c1-4-7-12-21-14-11-19(22)17-9-8-16(15-18(17)21)10-13-20(5-2)6-3/h8-9,11,14-15H,4-7,10,12-13H2,1-3H3. The Balaban J connectivity index is 2.28. The minimum atomic E-state index is 0.123. The first-order chi connectivity index (χ1) is 10.7. The zero-order valence-corrected chi connectivity index (χ0v) is 14.1. The van der Waals surface area contributed by atoms with Crippen molar-refractivity contribution in [3.05, 3.63) is 46.2 Å². The second-order valence-corrected chi connectivity index (χ2v) is 5.86. The van der Waals surface area contributed by atoms with Gasteiger partial charge in [0.1, 0.15) is 0 Å². The molecule has 0 unspecified atom stereocenters. The Kier molecular flexibility index (Phi) is 6.20. The first-order valence-electron chi connectivity index (χ1n) is 8.54. The van der Waals surface area contributed by atoms with Crippen molar-refractivity contribution in [3.8, 4) is 0 Å². The SMILES string of the molecule is CCCCn1ccc(=O)c2ccc(CCN(CC)CC)cc21. The number of rotatable bonds is 8. The van der Waals surface area contributed by atoms with Crippen molar-refractivity contribution in [2.75, 3.05) is 19.6 Å². The number of pyridine rings is 1. The van der Waals surface area contributed by atoms with Gasteiger partial charge in [0.2, 0.25) is 0 Å². The molecule has 0 aliphatic rings. The third-order valence-electron chi connectivity index (χ3n) is 4.41. The van der Waals surface area contributed by atoms with Gasteiger partial charge in [-0.1, -0.05) is 33.3 Å². The summed E-state index contributed by atoms with van der Waals surface area (Å²) in [6.45, 7) is 10.8. The number of aryl methyl sites for hydroxylation is 1. The fourth-order valence-electron chi connectivity index (χ4n) is 2.86. The van der Waals surface area contributed by atoms with E-state index in [2.05, 4.69) is 42.4 Å². The number of nitrogens with zero attached hydrogens (tertiary/aromatic N) is 2. The molecule has 0 saturated heterocycles. The van der Waals surface area contributed by atoms with Crippen molar-refractivity contribution in [2.45, 2.75) is 46.6 Å². The van der Waals surface area contributed by atoms with Crippen LogP contribution in [-0.4, -0.2) is 29.1 Å². The van der Waals surface area contributed by atoms with Crippen LogP contribution in [0, 0.1) is 0 Å². The molecule has 1 heterocycles. The van der Waals surface area contributed by atoms with Crippen molar-refractivity contribution in [2.24, 2.45) is 0 Å². The number of likely N-dealkylation sites (N-methyl/N-ethyl adjacent to an activating group) is 1. The Morgan fingerprint density at radius 2 is 1.86 bits per heavy atom. The smallest absolute Gasteiger partial charge is 0.189 e. The number of aromatic nitrogens is 1. The number of hydrogen-bond acceptors (Lipinski definition) is 2. The summed E-state index contributed by atoms with van der Waals surface area (Å²) in [7, 11) is 0. The van der Waals surface area contributed by atoms with Crippen LogP contribution in [0.15, 0.2) is 35.3 Å². The maximum Gasteiger partial charge on any atom is 0.189 e. The van der Waals surface area contributed by atoms with Crippen LogP contribution in [0.4, 0.5) is 0 Å². The lowest BCUT2D eigenvalue weighted by atomic mass is 10.1. The normalized spacial score (nSPS) is 11.5. The van der Waals surface area contributed by atoms with Crippen LogP contribution in [-0.2, 0) is 13.0 Å². The van der Waals surface area contributed by atoms with E-state index >= 15 is 0 Å². The van der Waals surface area contributed by atoms with E-state index in [1.807, 2.05) is 12.3 Å². The number of hydrogen-bond donors (Lipinski definition) is 0. The van der Waals surface area contributed by atoms with Gasteiger partial charge in [0.25, 0.3) is 0 Å². The van der Waals surface area contributed by atoms with Crippen molar-refractivity contribution < 1.29 is 0 Å². The molecular formula is C19H28N2O. The van der Waals surface area contributed by atoms with Crippen molar-refractivity contribution >= 4 is 10.9 Å². The monoisotopic (exact) mass is 300 g/mol. The average Bonchev–Trinajstić information content (AvgIpc) is 2.55. The molecule has 2 aromatic rings. The van der Waals surface area contributed by atoms with Gasteiger partial charge in [-0.15, -0.1) is 0 Å². The van der Waals surface area contributed by atoms with Crippen LogP contribution in [0.2, 0.25) is 0 Å². The highest BCUT2D eigenvalue weighted by Gasteiger charge is 2.05. The van der Waals surface area contributed by atoms with Crippen LogP contribution in [0.5, 0.6) is 0 Å². The molecule has 0 radical (unpaired) electrons. The lowest BCUT2D eigenvalue weighted by molar-refractivity contribution is 0.308. The van der Waals surface area contributed by atoms with Crippen molar-refractivity contribution in [1.29, 1.82) is 0 Å². The molecule has 0 bridgehead atoms. The number of fused-ring (bicyclic) bond motifs is 1. The van der Waals surface area contributed by atoms with E-state index in [1.165, 1.54) is 5.56 Å². The van der Waals surface area contributed by atoms with E-state index in [0.29, 0.717) is 0 Å². The molecule has 0 amide bonds. The second kappa shape index (κ2) is 8.14. The molecule has 0 atom stereocenters. The zero-order chi connectivity index (χ0) is 15.9. The molecule has 1 aromatic heterocycles. The van der Waals surface area contributed by atoms with Crippen molar-refractivity contribution in [1.82, 2.24) is 9.47 Å². The van der Waals surface area contributed by atoms with E-state index in [9.17, 15) is 4.79 Å². The summed E-state index contributed by atoms with van der Waals surface area (Å²) in [5.74, 6) is 0. The second-order valence-electron chi connectivity index (χ2n) is 5.86. The average molecular weight is 300 g/mol. The first-order valence-corrected chi connectivity index (χ1v) is 8.54. The van der Waals surface area contributed by atoms with Crippen molar-refractivity contribution in [3.63, 3.8) is 0 Å². The molecule has 0 aliphatic heterocycles. The molecule has 0 saturated carbocycles. The number of benzene rings is 1. The van der Waals surface area contributed by atoms with Gasteiger partial charge >= 0.3 is 0 Å². The molecule has 2 rings (SSSR count). The van der Waals surface area contributed by atoms with Gasteiger partial charge in [0.15, 0.2) is 5.43 Å². The maximum atomic E-state index is 12.1.